The van der Waals surface area contributed by atoms with Crippen molar-refractivity contribution in [3.05, 3.63) is 58.1 Å². The summed E-state index contributed by atoms with van der Waals surface area (Å²) in [4.78, 5) is 10.6. The highest BCUT2D eigenvalue weighted by Gasteiger charge is 2.33. The van der Waals surface area contributed by atoms with Crippen molar-refractivity contribution in [1.29, 1.82) is 0 Å². The second-order valence-corrected chi connectivity index (χ2v) is 4.72. The van der Waals surface area contributed by atoms with Crippen molar-refractivity contribution in [3.8, 4) is 11.5 Å². The highest BCUT2D eigenvalue weighted by atomic mass is 35.5. The number of halogens is 6. The summed E-state index contributed by atoms with van der Waals surface area (Å²) in [7, 11) is 0. The number of carboxylic acids is 1. The molecule has 2 aromatic rings. The lowest BCUT2D eigenvalue weighted by Crippen LogP contribution is -2.06. The Bertz CT molecular complexity index is 774. The smallest absolute Gasteiger partial charge is 0.417 e. The summed E-state index contributed by atoms with van der Waals surface area (Å²) in [5.41, 5.74) is -2.01. The van der Waals surface area contributed by atoms with Gasteiger partial charge in [-0.25, -0.2) is 13.6 Å². The summed E-state index contributed by atoms with van der Waals surface area (Å²) in [6, 6.07) is 3.16. The molecule has 0 aliphatic heterocycles. The fraction of sp³-hybridized carbons (Fsp3) is 0.0714. The Morgan fingerprint density at radius 3 is 2.26 bits per heavy atom. The molecule has 0 aliphatic carbocycles. The Labute approximate surface area is 130 Å². The SMILES string of the molecule is O=C(O)c1cc(F)c(Oc2ccc(C(F)(F)F)c(Cl)c2)cc1F. The van der Waals surface area contributed by atoms with Crippen molar-refractivity contribution in [2.75, 3.05) is 0 Å². The monoisotopic (exact) mass is 352 g/mol. The van der Waals surface area contributed by atoms with Gasteiger partial charge in [-0.15, -0.1) is 0 Å². The fourth-order valence-corrected chi connectivity index (χ4v) is 1.96. The molecule has 23 heavy (non-hydrogen) atoms. The molecule has 0 bridgehead atoms. The number of aromatic carboxylic acids is 1. The lowest BCUT2D eigenvalue weighted by atomic mass is 10.2. The highest BCUT2D eigenvalue weighted by molar-refractivity contribution is 6.31. The third-order valence-corrected chi connectivity index (χ3v) is 3.04. The quantitative estimate of drug-likeness (QED) is 0.779. The summed E-state index contributed by atoms with van der Waals surface area (Å²) >= 11 is 5.47. The predicted molar refractivity (Wildman–Crippen MR) is 69.8 cm³/mol. The lowest BCUT2D eigenvalue weighted by Gasteiger charge is -2.12. The molecule has 0 radical (unpaired) electrons. The van der Waals surface area contributed by atoms with Crippen LogP contribution in [0.1, 0.15) is 15.9 Å². The van der Waals surface area contributed by atoms with E-state index in [0.29, 0.717) is 18.2 Å². The summed E-state index contributed by atoms with van der Waals surface area (Å²) in [5, 5.41) is 7.96. The Balaban J connectivity index is 2.35. The first-order chi connectivity index (χ1) is 10.6. The van der Waals surface area contributed by atoms with Crippen molar-refractivity contribution in [2.24, 2.45) is 0 Å². The number of alkyl halides is 3. The molecule has 2 aromatic carbocycles. The number of benzene rings is 2. The maximum absolute atomic E-state index is 13.7. The van der Waals surface area contributed by atoms with Crippen molar-refractivity contribution in [3.63, 3.8) is 0 Å². The highest BCUT2D eigenvalue weighted by Crippen LogP contribution is 2.37. The minimum Gasteiger partial charge on any atom is -0.478 e. The number of rotatable bonds is 3. The van der Waals surface area contributed by atoms with Gasteiger partial charge >= 0.3 is 12.1 Å². The Morgan fingerprint density at radius 2 is 1.74 bits per heavy atom. The minimum absolute atomic E-state index is 0.274. The topological polar surface area (TPSA) is 46.5 Å². The first-order valence-corrected chi connectivity index (χ1v) is 6.24. The predicted octanol–water partition coefficient (Wildman–Crippen LogP) is 5.13. The van der Waals surface area contributed by atoms with E-state index in [1.807, 2.05) is 0 Å². The molecule has 0 amide bonds. The summed E-state index contributed by atoms with van der Waals surface area (Å²) in [5.74, 6) is -5.09. The first kappa shape index (κ1) is 17.0. The number of hydrogen-bond donors (Lipinski definition) is 1. The molecular formula is C14H6ClF5O3. The van der Waals surface area contributed by atoms with E-state index in [1.165, 1.54) is 0 Å². The minimum atomic E-state index is -4.67. The van der Waals surface area contributed by atoms with E-state index in [9.17, 15) is 26.7 Å². The van der Waals surface area contributed by atoms with Crippen LogP contribution in [0, 0.1) is 11.6 Å². The maximum atomic E-state index is 13.7. The molecule has 0 aliphatic rings. The Hall–Kier alpha value is -2.35. The van der Waals surface area contributed by atoms with Gasteiger partial charge in [0.05, 0.1) is 16.1 Å². The molecule has 1 N–H and O–H groups in total. The zero-order chi connectivity index (χ0) is 17.4. The molecule has 2 rings (SSSR count). The van der Waals surface area contributed by atoms with Gasteiger partial charge in [0, 0.05) is 12.1 Å². The normalized spacial score (nSPS) is 11.4. The van der Waals surface area contributed by atoms with E-state index in [4.69, 9.17) is 21.4 Å². The summed E-state index contributed by atoms with van der Waals surface area (Å²) in [6.45, 7) is 0. The Kier molecular flexibility index (Phi) is 4.46. The number of ether oxygens (including phenoxy) is 1. The van der Waals surface area contributed by atoms with Crippen LogP contribution in [0.4, 0.5) is 22.0 Å². The molecule has 0 saturated heterocycles. The lowest BCUT2D eigenvalue weighted by molar-refractivity contribution is -0.137. The van der Waals surface area contributed by atoms with Crippen molar-refractivity contribution in [1.82, 2.24) is 0 Å². The first-order valence-electron chi connectivity index (χ1n) is 5.86. The van der Waals surface area contributed by atoms with Crippen LogP contribution >= 0.6 is 11.6 Å². The van der Waals surface area contributed by atoms with Gasteiger partial charge in [-0.05, 0) is 18.2 Å². The van der Waals surface area contributed by atoms with Gasteiger partial charge in [0.25, 0.3) is 0 Å². The average molecular weight is 353 g/mol. The molecular weight excluding hydrogens is 347 g/mol. The van der Waals surface area contributed by atoms with Crippen molar-refractivity contribution >= 4 is 17.6 Å². The van der Waals surface area contributed by atoms with Crippen LogP contribution in [0.5, 0.6) is 11.5 Å². The van der Waals surface area contributed by atoms with Crippen LogP contribution in [0.3, 0.4) is 0 Å². The van der Waals surface area contributed by atoms with Crippen LogP contribution in [0.2, 0.25) is 5.02 Å². The maximum Gasteiger partial charge on any atom is 0.417 e. The van der Waals surface area contributed by atoms with Crippen LogP contribution < -0.4 is 4.74 Å². The van der Waals surface area contributed by atoms with Crippen molar-refractivity contribution in [2.45, 2.75) is 6.18 Å². The van der Waals surface area contributed by atoms with E-state index in [-0.39, 0.29) is 5.75 Å². The molecule has 0 saturated carbocycles. The van der Waals surface area contributed by atoms with Gasteiger partial charge in [0.2, 0.25) is 0 Å². The number of carboxylic acid groups (broad SMARTS) is 1. The standard InChI is InChI=1S/C14H6ClF5O3/c15-9-3-6(1-2-8(9)14(18,19)20)23-12-5-10(16)7(13(21)22)4-11(12)17/h1-5H,(H,21,22). The molecule has 0 fully saturated rings. The second kappa shape index (κ2) is 6.04. The zero-order valence-electron chi connectivity index (χ0n) is 10.9. The molecule has 122 valence electrons. The molecule has 9 heteroatoms. The molecule has 3 nitrogen and oxygen atoms in total. The van der Waals surface area contributed by atoms with Crippen LogP contribution in [0.25, 0.3) is 0 Å². The van der Waals surface area contributed by atoms with E-state index in [2.05, 4.69) is 0 Å². The molecule has 0 spiro atoms. The van der Waals surface area contributed by atoms with Gasteiger partial charge in [0.15, 0.2) is 11.6 Å². The third-order valence-electron chi connectivity index (χ3n) is 2.73. The van der Waals surface area contributed by atoms with E-state index < -0.39 is 45.7 Å². The van der Waals surface area contributed by atoms with E-state index in [0.717, 1.165) is 12.1 Å². The van der Waals surface area contributed by atoms with Gasteiger partial charge in [-0.3, -0.25) is 0 Å². The molecule has 0 heterocycles. The fourth-order valence-electron chi connectivity index (χ4n) is 1.69. The third kappa shape index (κ3) is 3.70. The van der Waals surface area contributed by atoms with E-state index >= 15 is 0 Å². The van der Waals surface area contributed by atoms with Crippen molar-refractivity contribution < 1.29 is 36.6 Å². The van der Waals surface area contributed by atoms with Crippen LogP contribution in [-0.4, -0.2) is 11.1 Å². The molecule has 0 unspecified atom stereocenters. The molecule has 0 atom stereocenters. The largest absolute Gasteiger partial charge is 0.478 e. The van der Waals surface area contributed by atoms with Gasteiger partial charge in [-0.2, -0.15) is 13.2 Å². The van der Waals surface area contributed by atoms with Gasteiger partial charge in [-0.1, -0.05) is 11.6 Å². The van der Waals surface area contributed by atoms with Gasteiger partial charge < -0.3 is 9.84 Å². The second-order valence-electron chi connectivity index (χ2n) is 4.31. The van der Waals surface area contributed by atoms with Crippen LogP contribution in [0.15, 0.2) is 30.3 Å². The number of hydrogen-bond acceptors (Lipinski definition) is 2. The van der Waals surface area contributed by atoms with E-state index in [1.54, 1.807) is 0 Å². The zero-order valence-corrected chi connectivity index (χ0v) is 11.7. The van der Waals surface area contributed by atoms with Gasteiger partial charge in [0.1, 0.15) is 11.6 Å². The number of carbonyl (C=O) groups is 1. The van der Waals surface area contributed by atoms with Crippen LogP contribution in [-0.2, 0) is 6.18 Å². The average Bonchev–Trinajstić information content (AvgIpc) is 2.40. The molecule has 0 aromatic heterocycles. The summed E-state index contributed by atoms with van der Waals surface area (Å²) in [6.07, 6.45) is -4.67. The summed E-state index contributed by atoms with van der Waals surface area (Å²) < 4.78 is 69.7. The Morgan fingerprint density at radius 1 is 1.09 bits per heavy atom.